The highest BCUT2D eigenvalue weighted by Gasteiger charge is 2.16. The van der Waals surface area contributed by atoms with Crippen molar-refractivity contribution in [3.63, 3.8) is 0 Å². The van der Waals surface area contributed by atoms with Crippen LogP contribution in [0.4, 0.5) is 0 Å². The third kappa shape index (κ3) is 3.75. The summed E-state index contributed by atoms with van der Waals surface area (Å²) in [4.78, 5) is 15.3. The van der Waals surface area contributed by atoms with Gasteiger partial charge in [0, 0.05) is 30.2 Å². The Morgan fingerprint density at radius 1 is 1.11 bits per heavy atom. The highest BCUT2D eigenvalue weighted by molar-refractivity contribution is 6.31. The van der Waals surface area contributed by atoms with Gasteiger partial charge in [-0.3, -0.25) is 14.3 Å². The summed E-state index contributed by atoms with van der Waals surface area (Å²) in [5.41, 5.74) is 4.16. The highest BCUT2D eigenvalue weighted by Crippen LogP contribution is 2.24. The first-order valence-corrected chi connectivity index (χ1v) is 9.76. The van der Waals surface area contributed by atoms with Crippen LogP contribution in [0.15, 0.2) is 65.5 Å². The van der Waals surface area contributed by atoms with Gasteiger partial charge >= 0.3 is 0 Å². The van der Waals surface area contributed by atoms with Crippen LogP contribution >= 0.6 is 11.6 Å². The third-order valence-corrected chi connectivity index (χ3v) is 5.45. The monoisotopic (exact) mass is 388 g/mol. The summed E-state index contributed by atoms with van der Waals surface area (Å²) in [7, 11) is 0. The first-order chi connectivity index (χ1) is 13.7. The van der Waals surface area contributed by atoms with E-state index in [2.05, 4.69) is 41.2 Å². The van der Waals surface area contributed by atoms with Crippen LogP contribution in [0.5, 0.6) is 0 Å². The fourth-order valence-corrected chi connectivity index (χ4v) is 3.94. The molecule has 0 saturated heterocycles. The summed E-state index contributed by atoms with van der Waals surface area (Å²) < 4.78 is 1.64. The van der Waals surface area contributed by atoms with Gasteiger partial charge in [-0.15, -0.1) is 6.42 Å². The molecular weight excluding hydrogens is 368 g/mol. The van der Waals surface area contributed by atoms with Gasteiger partial charge in [-0.25, -0.2) is 0 Å². The number of fused-ring (bicyclic) bond motifs is 1. The molecule has 0 atom stereocenters. The van der Waals surface area contributed by atoms with Crippen molar-refractivity contribution >= 4 is 28.1 Å². The van der Waals surface area contributed by atoms with Crippen molar-refractivity contribution in [2.45, 2.75) is 19.5 Å². The van der Waals surface area contributed by atoms with E-state index in [1.54, 1.807) is 10.6 Å². The van der Waals surface area contributed by atoms with Crippen LogP contribution in [0.25, 0.3) is 16.5 Å². The number of pyridine rings is 1. The predicted octanol–water partition coefficient (Wildman–Crippen LogP) is 4.58. The van der Waals surface area contributed by atoms with Gasteiger partial charge in [-0.2, -0.15) is 0 Å². The van der Waals surface area contributed by atoms with Gasteiger partial charge < -0.3 is 0 Å². The smallest absolute Gasteiger partial charge is 0.256 e. The number of terminal acetylenes is 1. The molecule has 0 spiro atoms. The summed E-state index contributed by atoms with van der Waals surface area (Å²) in [5, 5.41) is 1.58. The largest absolute Gasteiger partial charge is 0.296 e. The van der Waals surface area contributed by atoms with E-state index >= 15 is 0 Å². The van der Waals surface area contributed by atoms with Crippen molar-refractivity contribution in [1.82, 2.24) is 9.47 Å². The average molecular weight is 389 g/mol. The number of rotatable bonds is 4. The Kier molecular flexibility index (Phi) is 5.34. The van der Waals surface area contributed by atoms with Crippen LogP contribution in [0.1, 0.15) is 17.5 Å². The molecule has 28 heavy (non-hydrogen) atoms. The fraction of sp³-hybridized carbons (Fsp3) is 0.208. The zero-order chi connectivity index (χ0) is 19.5. The lowest BCUT2D eigenvalue weighted by Crippen LogP contribution is -2.32. The zero-order valence-corrected chi connectivity index (χ0v) is 16.3. The lowest BCUT2D eigenvalue weighted by molar-refractivity contribution is 0.292. The lowest BCUT2D eigenvalue weighted by atomic mass is 9.99. The lowest BCUT2D eigenvalue weighted by Gasteiger charge is -2.26. The van der Waals surface area contributed by atoms with E-state index in [-0.39, 0.29) is 12.1 Å². The van der Waals surface area contributed by atoms with Crippen LogP contribution < -0.4 is 5.56 Å². The molecule has 0 N–H and O–H groups in total. The summed E-state index contributed by atoms with van der Waals surface area (Å²) in [6.45, 7) is 2.60. The molecule has 140 valence electrons. The Morgan fingerprint density at radius 3 is 2.64 bits per heavy atom. The molecule has 4 heteroatoms. The fourth-order valence-electron chi connectivity index (χ4n) is 3.78. The molecule has 4 rings (SSSR count). The number of hydrogen-bond acceptors (Lipinski definition) is 2. The third-order valence-electron chi connectivity index (χ3n) is 5.21. The van der Waals surface area contributed by atoms with Crippen molar-refractivity contribution in [1.29, 1.82) is 0 Å². The maximum absolute atomic E-state index is 13.0. The number of hydrogen-bond donors (Lipinski definition) is 0. The van der Waals surface area contributed by atoms with Gasteiger partial charge in [0.15, 0.2) is 0 Å². The minimum Gasteiger partial charge on any atom is -0.296 e. The van der Waals surface area contributed by atoms with Crippen molar-refractivity contribution < 1.29 is 0 Å². The minimum absolute atomic E-state index is 0.0365. The van der Waals surface area contributed by atoms with Crippen molar-refractivity contribution in [2.24, 2.45) is 0 Å². The Hall–Kier alpha value is -2.80. The van der Waals surface area contributed by atoms with Gasteiger partial charge in [0.25, 0.3) is 5.56 Å². The maximum Gasteiger partial charge on any atom is 0.256 e. The molecule has 3 aromatic rings. The minimum atomic E-state index is -0.0365. The number of aromatic nitrogens is 1. The first kappa shape index (κ1) is 18.6. The van der Waals surface area contributed by atoms with Gasteiger partial charge in [-0.1, -0.05) is 60.0 Å². The second-order valence-corrected chi connectivity index (χ2v) is 7.49. The summed E-state index contributed by atoms with van der Waals surface area (Å²) in [6, 6.07) is 18.0. The molecule has 0 saturated carbocycles. The Bertz CT molecular complexity index is 1140. The number of benzene rings is 2. The molecule has 1 aromatic heterocycles. The summed E-state index contributed by atoms with van der Waals surface area (Å²) in [6.07, 6.45) is 8.74. The molecule has 0 fully saturated rings. The van der Waals surface area contributed by atoms with Crippen molar-refractivity contribution in [2.75, 3.05) is 13.1 Å². The average Bonchev–Trinajstić information content (AvgIpc) is 2.73. The van der Waals surface area contributed by atoms with Gasteiger partial charge in [0.05, 0.1) is 12.1 Å². The van der Waals surface area contributed by atoms with E-state index < -0.39 is 0 Å². The maximum atomic E-state index is 13.0. The predicted molar refractivity (Wildman–Crippen MR) is 116 cm³/mol. The van der Waals surface area contributed by atoms with Gasteiger partial charge in [0.2, 0.25) is 0 Å². The van der Waals surface area contributed by atoms with Crippen LogP contribution in [-0.4, -0.2) is 22.6 Å². The van der Waals surface area contributed by atoms with Gasteiger partial charge in [-0.05, 0) is 41.1 Å². The van der Waals surface area contributed by atoms with E-state index in [9.17, 15) is 4.79 Å². The van der Waals surface area contributed by atoms with Gasteiger partial charge in [0.1, 0.15) is 0 Å². The molecule has 0 unspecified atom stereocenters. The topological polar surface area (TPSA) is 25.2 Å². The Balaban J connectivity index is 1.61. The molecule has 2 heterocycles. The molecule has 3 nitrogen and oxygen atoms in total. The molecular formula is C24H21ClN2O. The quantitative estimate of drug-likeness (QED) is 0.611. The first-order valence-electron chi connectivity index (χ1n) is 9.38. The molecule has 0 aliphatic carbocycles. The van der Waals surface area contributed by atoms with Crippen molar-refractivity contribution in [3.8, 4) is 12.3 Å². The van der Waals surface area contributed by atoms with E-state index in [1.807, 2.05) is 24.3 Å². The van der Waals surface area contributed by atoms with Crippen LogP contribution in [0.3, 0.4) is 0 Å². The van der Waals surface area contributed by atoms with E-state index in [1.165, 1.54) is 11.1 Å². The highest BCUT2D eigenvalue weighted by atomic mass is 35.5. The van der Waals surface area contributed by atoms with E-state index in [4.69, 9.17) is 18.0 Å². The Labute approximate surface area is 169 Å². The second-order valence-electron chi connectivity index (χ2n) is 7.05. The van der Waals surface area contributed by atoms with Crippen LogP contribution in [-0.2, 0) is 13.1 Å². The molecule has 0 amide bonds. The molecule has 2 aromatic carbocycles. The van der Waals surface area contributed by atoms with E-state index in [0.717, 1.165) is 36.0 Å². The van der Waals surface area contributed by atoms with E-state index in [0.29, 0.717) is 11.6 Å². The van der Waals surface area contributed by atoms with Crippen LogP contribution in [0.2, 0.25) is 5.02 Å². The second kappa shape index (κ2) is 8.06. The normalized spacial score (nSPS) is 14.6. The standard InChI is InChI=1S/C24H21ClN2O/c1-2-12-27-23-16-22(25)9-8-20(23)15-21(24(27)28)17-26-13-10-19(11-14-26)18-6-4-3-5-7-18/h1,3-10,15-16H,11-14,17H2. The number of halogens is 1. The van der Waals surface area contributed by atoms with Crippen molar-refractivity contribution in [3.05, 3.63) is 87.2 Å². The summed E-state index contributed by atoms with van der Waals surface area (Å²) >= 11 is 6.12. The molecule has 1 aliphatic rings. The summed E-state index contributed by atoms with van der Waals surface area (Å²) in [5.74, 6) is 2.59. The van der Waals surface area contributed by atoms with Crippen LogP contribution in [0, 0.1) is 12.3 Å². The SMILES string of the molecule is C#CCn1c(=O)c(CN2CC=C(c3ccccc3)CC2)cc2ccc(Cl)cc21. The Morgan fingerprint density at radius 2 is 1.93 bits per heavy atom. The zero-order valence-electron chi connectivity index (χ0n) is 15.6. The molecule has 1 aliphatic heterocycles. The molecule has 0 radical (unpaired) electrons. The number of nitrogens with zero attached hydrogens (tertiary/aromatic N) is 2. The molecule has 0 bridgehead atoms.